The second-order valence-corrected chi connectivity index (χ2v) is 6.96. The lowest BCUT2D eigenvalue weighted by Gasteiger charge is -2.12. The predicted molar refractivity (Wildman–Crippen MR) is 107 cm³/mol. The molecule has 2 aliphatic rings. The number of aromatic hydroxyl groups is 1. The molecule has 0 amide bonds. The van der Waals surface area contributed by atoms with Crippen LogP contribution in [0.15, 0.2) is 39.5 Å². The molecule has 5 heteroatoms. The molecule has 0 aromatic heterocycles. The van der Waals surface area contributed by atoms with Crippen LogP contribution in [0.3, 0.4) is 0 Å². The molecule has 1 aliphatic heterocycles. The number of hydrogen-bond donors (Lipinski definition) is 1. The second-order valence-electron chi connectivity index (χ2n) is 6.96. The number of phenols is 1. The molecule has 3 rings (SSSR count). The maximum absolute atomic E-state index is 12.0. The minimum Gasteiger partial charge on any atom is -0.508 e. The van der Waals surface area contributed by atoms with Crippen LogP contribution in [0, 0.1) is 0 Å². The Balaban J connectivity index is 1.61. The Bertz CT molecular complexity index is 903. The van der Waals surface area contributed by atoms with Gasteiger partial charge in [-0.3, -0.25) is 4.79 Å². The Morgan fingerprint density at radius 1 is 1.00 bits per heavy atom. The number of benzene rings is 2. The summed E-state index contributed by atoms with van der Waals surface area (Å²) in [7, 11) is 0. The normalized spacial score (nSPS) is 11.3. The molecule has 0 saturated heterocycles. The summed E-state index contributed by atoms with van der Waals surface area (Å²) in [5, 5.41) is 9.58. The Morgan fingerprint density at radius 3 is 2.52 bits per heavy atom. The van der Waals surface area contributed by atoms with Crippen LogP contribution in [0.1, 0.15) is 58.3 Å². The van der Waals surface area contributed by atoms with Crippen molar-refractivity contribution in [3.05, 3.63) is 40.6 Å². The van der Waals surface area contributed by atoms with E-state index in [4.69, 9.17) is 9.15 Å². The number of unbranched alkanes of at least 4 members (excludes halogenated alkanes) is 7. The highest BCUT2D eigenvalue weighted by molar-refractivity contribution is 5.79. The van der Waals surface area contributed by atoms with E-state index in [1.54, 1.807) is 12.1 Å². The van der Waals surface area contributed by atoms with Crippen molar-refractivity contribution in [1.82, 2.24) is 4.98 Å². The van der Waals surface area contributed by atoms with Crippen molar-refractivity contribution in [3.63, 3.8) is 0 Å². The maximum Gasteiger partial charge on any atom is 0.186 e. The van der Waals surface area contributed by atoms with Crippen LogP contribution < -0.4 is 10.2 Å². The first kappa shape index (κ1) is 19.2. The number of hydrogen-bond acceptors (Lipinski definition) is 5. The lowest BCUT2D eigenvalue weighted by Crippen LogP contribution is -2.07. The minimum atomic E-state index is -0.182. The third-order valence-electron chi connectivity index (χ3n) is 4.66. The number of ether oxygens (including phenoxy) is 1. The zero-order chi connectivity index (χ0) is 19.1. The van der Waals surface area contributed by atoms with Crippen LogP contribution in [0.5, 0.6) is 11.5 Å². The fourth-order valence-electron chi connectivity index (χ4n) is 3.19. The average Bonchev–Trinajstić information content (AvgIpc) is 2.65. The van der Waals surface area contributed by atoms with E-state index in [0.29, 0.717) is 34.9 Å². The molecule has 27 heavy (non-hydrogen) atoms. The molecule has 1 N–H and O–H groups in total. The fraction of sp³-hybridized carbons (Fsp3) is 0.455. The van der Waals surface area contributed by atoms with Gasteiger partial charge in [0.25, 0.3) is 0 Å². The first-order valence-corrected chi connectivity index (χ1v) is 9.88. The second kappa shape index (κ2) is 9.40. The molecule has 0 saturated carbocycles. The van der Waals surface area contributed by atoms with Crippen LogP contribution in [0.4, 0.5) is 0 Å². The van der Waals surface area contributed by atoms with Gasteiger partial charge in [0.15, 0.2) is 22.5 Å². The van der Waals surface area contributed by atoms with Crippen LogP contribution in [0.2, 0.25) is 0 Å². The minimum absolute atomic E-state index is 0.0943. The van der Waals surface area contributed by atoms with E-state index in [9.17, 15) is 9.90 Å². The van der Waals surface area contributed by atoms with Gasteiger partial charge in [-0.05, 0) is 18.6 Å². The molecule has 1 aromatic carbocycles. The van der Waals surface area contributed by atoms with Gasteiger partial charge in [0, 0.05) is 18.2 Å². The van der Waals surface area contributed by atoms with E-state index in [1.165, 1.54) is 56.7 Å². The summed E-state index contributed by atoms with van der Waals surface area (Å²) in [6.45, 7) is 2.79. The van der Waals surface area contributed by atoms with Crippen LogP contribution in [0.25, 0.3) is 22.6 Å². The Labute approximate surface area is 159 Å². The highest BCUT2D eigenvalue weighted by Crippen LogP contribution is 2.32. The topological polar surface area (TPSA) is 72.6 Å². The van der Waals surface area contributed by atoms with Gasteiger partial charge in [0.1, 0.15) is 17.0 Å². The molecule has 0 atom stereocenters. The third kappa shape index (κ3) is 5.22. The van der Waals surface area contributed by atoms with Crippen molar-refractivity contribution in [2.24, 2.45) is 0 Å². The molecule has 1 heterocycles. The van der Waals surface area contributed by atoms with Gasteiger partial charge in [0.05, 0.1) is 6.61 Å². The SMILES string of the molecule is CCCCCCCCCCOc1cc(=O)cc2oc3cc(O)ccc3nc1-2. The standard InChI is InChI=1S/C22H27NO4/c1-2-3-4-5-6-7-8-9-12-26-20-14-17(25)15-21-22(20)23-18-11-10-16(24)13-19(18)27-21/h10-11,13-15,24H,2-9,12H2,1H3. The molecule has 1 aromatic rings. The van der Waals surface area contributed by atoms with Crippen molar-refractivity contribution < 1.29 is 14.3 Å². The van der Waals surface area contributed by atoms with Crippen molar-refractivity contribution in [3.8, 4) is 23.0 Å². The zero-order valence-electron chi connectivity index (χ0n) is 15.9. The molecular weight excluding hydrogens is 342 g/mol. The first-order chi connectivity index (χ1) is 13.2. The molecule has 0 fully saturated rings. The summed E-state index contributed by atoms with van der Waals surface area (Å²) in [5.41, 5.74) is 1.39. The van der Waals surface area contributed by atoms with Gasteiger partial charge < -0.3 is 14.3 Å². The van der Waals surface area contributed by atoms with Gasteiger partial charge in [-0.15, -0.1) is 0 Å². The van der Waals surface area contributed by atoms with Crippen molar-refractivity contribution in [1.29, 1.82) is 0 Å². The number of phenolic OH excluding ortho intramolecular Hbond substituents is 1. The average molecular weight is 369 g/mol. The fourth-order valence-corrected chi connectivity index (χ4v) is 3.19. The van der Waals surface area contributed by atoms with Gasteiger partial charge in [0.2, 0.25) is 0 Å². The Kier molecular flexibility index (Phi) is 6.69. The van der Waals surface area contributed by atoms with Gasteiger partial charge >= 0.3 is 0 Å². The highest BCUT2D eigenvalue weighted by atomic mass is 16.5. The van der Waals surface area contributed by atoms with E-state index in [1.807, 2.05) is 0 Å². The van der Waals surface area contributed by atoms with E-state index in [-0.39, 0.29) is 11.2 Å². The smallest absolute Gasteiger partial charge is 0.186 e. The predicted octanol–water partition coefficient (Wildman–Crippen LogP) is 5.52. The molecule has 0 radical (unpaired) electrons. The van der Waals surface area contributed by atoms with E-state index in [0.717, 1.165) is 12.8 Å². The monoisotopic (exact) mass is 369 g/mol. The molecule has 0 spiro atoms. The van der Waals surface area contributed by atoms with E-state index < -0.39 is 0 Å². The number of aromatic nitrogens is 1. The maximum atomic E-state index is 12.0. The number of nitrogens with zero attached hydrogens (tertiary/aromatic N) is 1. The summed E-state index contributed by atoms with van der Waals surface area (Å²) < 4.78 is 11.6. The van der Waals surface area contributed by atoms with Crippen LogP contribution in [-0.2, 0) is 0 Å². The van der Waals surface area contributed by atoms with Gasteiger partial charge in [-0.2, -0.15) is 0 Å². The van der Waals surface area contributed by atoms with Gasteiger partial charge in [-0.25, -0.2) is 4.98 Å². The molecule has 0 bridgehead atoms. The highest BCUT2D eigenvalue weighted by Gasteiger charge is 2.16. The summed E-state index contributed by atoms with van der Waals surface area (Å²) in [6, 6.07) is 7.58. The number of fused-ring (bicyclic) bond motifs is 2. The van der Waals surface area contributed by atoms with Crippen LogP contribution >= 0.6 is 0 Å². The summed E-state index contributed by atoms with van der Waals surface area (Å²) in [4.78, 5) is 16.5. The lowest BCUT2D eigenvalue weighted by atomic mass is 10.1. The van der Waals surface area contributed by atoms with Crippen molar-refractivity contribution in [2.45, 2.75) is 58.3 Å². The van der Waals surface area contributed by atoms with Gasteiger partial charge in [-0.1, -0.05) is 51.9 Å². The summed E-state index contributed by atoms with van der Waals surface area (Å²) in [5.74, 6) is 0.919. The molecule has 0 unspecified atom stereocenters. The summed E-state index contributed by atoms with van der Waals surface area (Å²) >= 11 is 0. The van der Waals surface area contributed by atoms with Crippen LogP contribution in [-0.4, -0.2) is 16.7 Å². The molecule has 144 valence electrons. The van der Waals surface area contributed by atoms with E-state index in [2.05, 4.69) is 11.9 Å². The molecule has 1 aliphatic carbocycles. The summed E-state index contributed by atoms with van der Waals surface area (Å²) in [6.07, 6.45) is 9.82. The third-order valence-corrected chi connectivity index (χ3v) is 4.66. The molecular formula is C22H27NO4. The lowest BCUT2D eigenvalue weighted by molar-refractivity contribution is 0.303. The Morgan fingerprint density at radius 2 is 1.74 bits per heavy atom. The van der Waals surface area contributed by atoms with Crippen molar-refractivity contribution >= 4 is 11.1 Å². The molecule has 5 nitrogen and oxygen atoms in total. The Hall–Kier alpha value is -2.56. The largest absolute Gasteiger partial charge is 0.508 e. The number of rotatable bonds is 10. The van der Waals surface area contributed by atoms with E-state index >= 15 is 0 Å². The zero-order valence-corrected chi connectivity index (χ0v) is 15.9. The van der Waals surface area contributed by atoms with Crippen molar-refractivity contribution in [2.75, 3.05) is 6.61 Å². The first-order valence-electron chi connectivity index (χ1n) is 9.88. The quantitative estimate of drug-likeness (QED) is 0.376.